The van der Waals surface area contributed by atoms with Crippen LogP contribution in [-0.2, 0) is 11.0 Å². The van der Waals surface area contributed by atoms with Crippen molar-refractivity contribution in [3.63, 3.8) is 0 Å². The molecule has 22 heavy (non-hydrogen) atoms. The molecular weight excluding hydrogens is 286 g/mol. The Morgan fingerprint density at radius 3 is 1.73 bits per heavy atom. The number of nitrogen functional groups attached to an aromatic ring is 1. The van der Waals surface area contributed by atoms with Gasteiger partial charge in [0.1, 0.15) is 0 Å². The molecule has 3 heteroatoms. The van der Waals surface area contributed by atoms with Gasteiger partial charge in [-0.1, -0.05) is 60.6 Å². The van der Waals surface area contributed by atoms with Crippen LogP contribution in [0, 0.1) is 0 Å². The molecule has 1 aromatic rings. The van der Waals surface area contributed by atoms with E-state index in [-0.39, 0.29) is 5.04 Å². The summed E-state index contributed by atoms with van der Waals surface area (Å²) in [5, 5.41) is 0.239. The van der Waals surface area contributed by atoms with E-state index >= 15 is 0 Å². The van der Waals surface area contributed by atoms with Gasteiger partial charge in [-0.05, 0) is 46.7 Å². The maximum atomic E-state index is 6.39. The minimum atomic E-state index is -1.72. The second kappa shape index (κ2) is 6.75. The molecule has 2 N–H and O–H groups in total. The summed E-state index contributed by atoms with van der Waals surface area (Å²) in [5.74, 6) is 0.871. The van der Waals surface area contributed by atoms with Gasteiger partial charge in [0.2, 0.25) is 0 Å². The van der Waals surface area contributed by atoms with Crippen LogP contribution in [0.4, 0.5) is 5.69 Å². The molecule has 1 rings (SSSR count). The predicted molar refractivity (Wildman–Crippen MR) is 101 cm³/mol. The van der Waals surface area contributed by atoms with Crippen LogP contribution in [0.2, 0.25) is 18.1 Å². The van der Waals surface area contributed by atoms with Crippen LogP contribution in [0.1, 0.15) is 77.0 Å². The standard InChI is InChI=1S/C19H35NOSi/c1-13(2)16-10-15(11-17(14(3)4)18(16)20)12-21-22(8,9)19(5,6)7/h10-11,13-14H,12,20H2,1-9H3. The summed E-state index contributed by atoms with van der Waals surface area (Å²) in [5.41, 5.74) is 11.1. The Hall–Kier alpha value is -0.803. The Balaban J connectivity index is 3.11. The quantitative estimate of drug-likeness (QED) is 0.530. The van der Waals surface area contributed by atoms with Crippen molar-refractivity contribution >= 4 is 14.0 Å². The molecule has 0 aliphatic rings. The summed E-state index contributed by atoms with van der Waals surface area (Å²) in [6.45, 7) is 20.9. The molecule has 0 radical (unpaired) electrons. The van der Waals surface area contributed by atoms with E-state index < -0.39 is 8.32 Å². The minimum Gasteiger partial charge on any atom is -0.413 e. The maximum Gasteiger partial charge on any atom is 0.192 e. The number of rotatable bonds is 5. The van der Waals surface area contributed by atoms with Crippen LogP contribution in [0.3, 0.4) is 0 Å². The fourth-order valence-corrected chi connectivity index (χ4v) is 3.24. The van der Waals surface area contributed by atoms with Gasteiger partial charge in [-0.15, -0.1) is 0 Å². The SMILES string of the molecule is CC(C)c1cc(CO[Si](C)(C)C(C)(C)C)cc(C(C)C)c1N. The first-order chi connectivity index (χ1) is 9.86. The molecule has 0 atom stereocenters. The maximum absolute atomic E-state index is 6.39. The first-order valence-electron chi connectivity index (χ1n) is 8.43. The average molecular weight is 322 g/mol. The Kier molecular flexibility index (Phi) is 5.91. The molecule has 0 saturated heterocycles. The summed E-state index contributed by atoms with van der Waals surface area (Å²) in [7, 11) is -1.72. The van der Waals surface area contributed by atoms with Gasteiger partial charge in [-0.2, -0.15) is 0 Å². The molecule has 0 spiro atoms. The fraction of sp³-hybridized carbons (Fsp3) is 0.684. The van der Waals surface area contributed by atoms with Gasteiger partial charge in [-0.25, -0.2) is 0 Å². The Morgan fingerprint density at radius 1 is 1.00 bits per heavy atom. The van der Waals surface area contributed by atoms with E-state index in [2.05, 4.69) is 73.7 Å². The lowest BCUT2D eigenvalue weighted by Crippen LogP contribution is -2.40. The number of benzene rings is 1. The van der Waals surface area contributed by atoms with E-state index in [0.29, 0.717) is 18.4 Å². The molecular formula is C19H35NOSi. The predicted octanol–water partition coefficient (Wildman–Crippen LogP) is 6.04. The van der Waals surface area contributed by atoms with Crippen molar-refractivity contribution in [3.05, 3.63) is 28.8 Å². The van der Waals surface area contributed by atoms with E-state index in [0.717, 1.165) is 5.69 Å². The van der Waals surface area contributed by atoms with Gasteiger partial charge in [0.05, 0.1) is 6.61 Å². The molecule has 1 aromatic carbocycles. The fourth-order valence-electron chi connectivity index (χ4n) is 2.28. The monoisotopic (exact) mass is 321 g/mol. The summed E-state index contributed by atoms with van der Waals surface area (Å²) in [6.07, 6.45) is 0. The van der Waals surface area contributed by atoms with Gasteiger partial charge >= 0.3 is 0 Å². The Morgan fingerprint density at radius 2 is 1.41 bits per heavy atom. The first-order valence-corrected chi connectivity index (χ1v) is 11.3. The Bertz CT molecular complexity index is 484. The van der Waals surface area contributed by atoms with E-state index in [1.54, 1.807) is 0 Å². The summed E-state index contributed by atoms with van der Waals surface area (Å²) in [4.78, 5) is 0. The first kappa shape index (κ1) is 19.2. The normalized spacial score (nSPS) is 13.2. The molecule has 0 aliphatic carbocycles. The van der Waals surface area contributed by atoms with Crippen molar-refractivity contribution < 1.29 is 4.43 Å². The van der Waals surface area contributed by atoms with Crippen LogP contribution in [0.15, 0.2) is 12.1 Å². The zero-order chi connectivity index (χ0) is 17.3. The number of anilines is 1. The van der Waals surface area contributed by atoms with E-state index in [4.69, 9.17) is 10.2 Å². The van der Waals surface area contributed by atoms with Gasteiger partial charge in [-0.3, -0.25) is 0 Å². The number of hydrogen-bond donors (Lipinski definition) is 1. The van der Waals surface area contributed by atoms with Gasteiger partial charge < -0.3 is 10.2 Å². The number of nitrogens with two attached hydrogens (primary N) is 1. The molecule has 0 aliphatic heterocycles. The van der Waals surface area contributed by atoms with Gasteiger partial charge in [0.25, 0.3) is 0 Å². The van der Waals surface area contributed by atoms with Crippen molar-refractivity contribution in [2.24, 2.45) is 0 Å². The second-order valence-electron chi connectivity index (χ2n) is 8.55. The Labute approximate surface area is 138 Å². The largest absolute Gasteiger partial charge is 0.413 e. The molecule has 0 saturated carbocycles. The highest BCUT2D eigenvalue weighted by atomic mass is 28.4. The van der Waals surface area contributed by atoms with Crippen LogP contribution >= 0.6 is 0 Å². The van der Waals surface area contributed by atoms with Crippen LogP contribution < -0.4 is 5.73 Å². The van der Waals surface area contributed by atoms with E-state index in [1.807, 2.05) is 0 Å². The molecule has 0 bridgehead atoms. The lowest BCUT2D eigenvalue weighted by molar-refractivity contribution is 0.276. The minimum absolute atomic E-state index is 0.239. The lowest BCUT2D eigenvalue weighted by Gasteiger charge is -2.36. The summed E-state index contributed by atoms with van der Waals surface area (Å²) in [6, 6.07) is 4.47. The van der Waals surface area contributed by atoms with Gasteiger partial charge in [0.15, 0.2) is 8.32 Å². The topological polar surface area (TPSA) is 35.2 Å². The lowest BCUT2D eigenvalue weighted by atomic mass is 9.91. The third kappa shape index (κ3) is 4.36. The zero-order valence-corrected chi connectivity index (χ0v) is 17.0. The molecule has 2 nitrogen and oxygen atoms in total. The molecule has 0 unspecified atom stereocenters. The third-order valence-corrected chi connectivity index (χ3v) is 9.43. The second-order valence-corrected chi connectivity index (χ2v) is 13.4. The highest BCUT2D eigenvalue weighted by Crippen LogP contribution is 2.38. The van der Waals surface area contributed by atoms with Crippen molar-refractivity contribution in [2.75, 3.05) is 5.73 Å². The highest BCUT2D eigenvalue weighted by molar-refractivity contribution is 6.74. The van der Waals surface area contributed by atoms with E-state index in [1.165, 1.54) is 16.7 Å². The molecule has 0 amide bonds. The van der Waals surface area contributed by atoms with Crippen molar-refractivity contribution in [2.45, 2.75) is 85.0 Å². The molecule has 126 valence electrons. The molecule has 0 aromatic heterocycles. The van der Waals surface area contributed by atoms with Crippen molar-refractivity contribution in [1.29, 1.82) is 0 Å². The smallest absolute Gasteiger partial charge is 0.192 e. The average Bonchev–Trinajstić information content (AvgIpc) is 2.35. The van der Waals surface area contributed by atoms with Gasteiger partial charge in [0, 0.05) is 5.69 Å². The molecule has 0 heterocycles. The zero-order valence-electron chi connectivity index (χ0n) is 16.0. The highest BCUT2D eigenvalue weighted by Gasteiger charge is 2.37. The molecule has 0 fully saturated rings. The van der Waals surface area contributed by atoms with Crippen LogP contribution in [0.5, 0.6) is 0 Å². The number of hydrogen-bond acceptors (Lipinski definition) is 2. The summed E-state index contributed by atoms with van der Waals surface area (Å²) >= 11 is 0. The van der Waals surface area contributed by atoms with Crippen LogP contribution in [-0.4, -0.2) is 8.32 Å². The van der Waals surface area contributed by atoms with Crippen molar-refractivity contribution in [3.8, 4) is 0 Å². The van der Waals surface area contributed by atoms with Crippen LogP contribution in [0.25, 0.3) is 0 Å². The van der Waals surface area contributed by atoms with E-state index in [9.17, 15) is 0 Å². The third-order valence-electron chi connectivity index (χ3n) is 4.95. The summed E-state index contributed by atoms with van der Waals surface area (Å²) < 4.78 is 6.39. The van der Waals surface area contributed by atoms with Crippen molar-refractivity contribution in [1.82, 2.24) is 0 Å².